The summed E-state index contributed by atoms with van der Waals surface area (Å²) in [6.07, 6.45) is 8.37. The summed E-state index contributed by atoms with van der Waals surface area (Å²) in [6, 6.07) is 5.51. The quantitative estimate of drug-likeness (QED) is 0.473. The van der Waals surface area contributed by atoms with E-state index in [2.05, 4.69) is 20.5 Å². The van der Waals surface area contributed by atoms with Crippen molar-refractivity contribution in [3.05, 3.63) is 72.2 Å². The molecule has 4 aromatic rings. The van der Waals surface area contributed by atoms with Gasteiger partial charge in [0.15, 0.2) is 0 Å². The van der Waals surface area contributed by atoms with Gasteiger partial charge in [0, 0.05) is 23.3 Å². The van der Waals surface area contributed by atoms with Gasteiger partial charge in [-0.05, 0) is 30.7 Å². The fourth-order valence-corrected chi connectivity index (χ4v) is 3.35. The predicted molar refractivity (Wildman–Crippen MR) is 109 cm³/mol. The molecule has 0 spiro atoms. The molecule has 1 atom stereocenters. The summed E-state index contributed by atoms with van der Waals surface area (Å²) in [5, 5.41) is 20.8. The monoisotopic (exact) mass is 422 g/mol. The van der Waals surface area contributed by atoms with Crippen LogP contribution in [-0.4, -0.2) is 41.5 Å². The Morgan fingerprint density at radius 3 is 2.61 bits per heavy atom. The summed E-state index contributed by atoms with van der Waals surface area (Å²) in [6.45, 7) is 1.65. The van der Waals surface area contributed by atoms with Crippen molar-refractivity contribution < 1.29 is 19.1 Å². The molecular formula is C21H19FN6O3. The number of carboxylic acid groups (broad SMARTS) is 1. The van der Waals surface area contributed by atoms with Crippen molar-refractivity contribution in [3.8, 4) is 5.69 Å². The zero-order valence-corrected chi connectivity index (χ0v) is 16.6. The van der Waals surface area contributed by atoms with E-state index in [1.165, 1.54) is 23.0 Å². The molecule has 0 fully saturated rings. The maximum absolute atomic E-state index is 13.2. The van der Waals surface area contributed by atoms with Crippen molar-refractivity contribution in [2.75, 3.05) is 0 Å². The molecule has 3 aromatic heterocycles. The van der Waals surface area contributed by atoms with Gasteiger partial charge in [0.05, 0.1) is 41.4 Å². The van der Waals surface area contributed by atoms with Crippen molar-refractivity contribution in [2.45, 2.75) is 25.9 Å². The lowest BCUT2D eigenvalue weighted by Crippen LogP contribution is -2.28. The Bertz CT molecular complexity index is 1250. The second-order valence-corrected chi connectivity index (χ2v) is 6.95. The molecule has 9 nitrogen and oxygen atoms in total. The number of benzene rings is 1. The highest BCUT2D eigenvalue weighted by atomic mass is 19.1. The zero-order valence-electron chi connectivity index (χ0n) is 16.6. The number of rotatable bonds is 7. The minimum atomic E-state index is -0.998. The van der Waals surface area contributed by atoms with Gasteiger partial charge in [-0.1, -0.05) is 6.92 Å². The first kappa shape index (κ1) is 20.2. The number of hydrogen-bond acceptors (Lipinski definition) is 5. The molecular weight excluding hydrogens is 403 g/mol. The van der Waals surface area contributed by atoms with Crippen molar-refractivity contribution in [1.29, 1.82) is 0 Å². The number of nitrogens with one attached hydrogen (secondary N) is 1. The largest absolute Gasteiger partial charge is 0.480 e. The Morgan fingerprint density at radius 1 is 1.13 bits per heavy atom. The Labute approximate surface area is 176 Å². The number of carbonyl (C=O) groups is 2. The maximum Gasteiger partial charge on any atom is 0.325 e. The molecule has 10 heteroatoms. The first-order valence-electron chi connectivity index (χ1n) is 9.59. The highest BCUT2D eigenvalue weighted by Gasteiger charge is 2.20. The van der Waals surface area contributed by atoms with Gasteiger partial charge < -0.3 is 10.4 Å². The van der Waals surface area contributed by atoms with Crippen molar-refractivity contribution in [2.24, 2.45) is 0 Å². The van der Waals surface area contributed by atoms with Gasteiger partial charge in [-0.2, -0.15) is 10.2 Å². The normalized spacial score (nSPS) is 12.1. The number of carbonyl (C=O) groups excluding carboxylic acids is 1. The molecule has 0 unspecified atom stereocenters. The molecule has 0 radical (unpaired) electrons. The van der Waals surface area contributed by atoms with Crippen LogP contribution >= 0.6 is 0 Å². The lowest BCUT2D eigenvalue weighted by molar-refractivity contribution is -0.137. The average Bonchev–Trinajstić information content (AvgIpc) is 3.39. The van der Waals surface area contributed by atoms with Crippen LogP contribution in [0.5, 0.6) is 0 Å². The summed E-state index contributed by atoms with van der Waals surface area (Å²) < 4.78 is 16.1. The maximum atomic E-state index is 13.2. The number of aromatic nitrogens is 5. The van der Waals surface area contributed by atoms with Crippen LogP contribution in [0.3, 0.4) is 0 Å². The highest BCUT2D eigenvalue weighted by Crippen LogP contribution is 2.23. The number of amides is 1. The number of fused-ring (bicyclic) bond motifs is 1. The van der Waals surface area contributed by atoms with Gasteiger partial charge in [-0.25, -0.2) is 9.07 Å². The zero-order chi connectivity index (χ0) is 22.0. The summed E-state index contributed by atoms with van der Waals surface area (Å²) in [5.74, 6) is -1.69. The summed E-state index contributed by atoms with van der Waals surface area (Å²) in [5.41, 5.74) is 2.32. The molecule has 31 heavy (non-hydrogen) atoms. The van der Waals surface area contributed by atoms with Crippen LogP contribution in [0.25, 0.3) is 16.6 Å². The smallest absolute Gasteiger partial charge is 0.325 e. The van der Waals surface area contributed by atoms with E-state index in [9.17, 15) is 14.0 Å². The highest BCUT2D eigenvalue weighted by molar-refractivity contribution is 6.06. The lowest BCUT2D eigenvalue weighted by Gasteiger charge is -2.15. The third-order valence-electron chi connectivity index (χ3n) is 4.88. The Morgan fingerprint density at radius 2 is 1.90 bits per heavy atom. The molecule has 0 saturated heterocycles. The van der Waals surface area contributed by atoms with Crippen molar-refractivity contribution in [3.63, 3.8) is 0 Å². The molecule has 0 aliphatic heterocycles. The van der Waals surface area contributed by atoms with Crippen LogP contribution < -0.4 is 5.32 Å². The number of carboxylic acids is 1. The number of nitrogens with zero attached hydrogens (tertiary/aromatic N) is 5. The first-order valence-corrected chi connectivity index (χ1v) is 9.59. The van der Waals surface area contributed by atoms with E-state index in [4.69, 9.17) is 5.11 Å². The van der Waals surface area contributed by atoms with Crippen LogP contribution in [0.1, 0.15) is 35.3 Å². The number of halogens is 1. The van der Waals surface area contributed by atoms with Gasteiger partial charge in [-0.15, -0.1) is 0 Å². The lowest BCUT2D eigenvalue weighted by atomic mass is 10.1. The summed E-state index contributed by atoms with van der Waals surface area (Å²) >= 11 is 0. The van der Waals surface area contributed by atoms with Gasteiger partial charge in [0.2, 0.25) is 0 Å². The predicted octanol–water partition coefficient (Wildman–Crippen LogP) is 2.72. The Hall–Kier alpha value is -4.08. The van der Waals surface area contributed by atoms with E-state index in [1.807, 2.05) is 6.92 Å². The topological polar surface area (TPSA) is 115 Å². The summed E-state index contributed by atoms with van der Waals surface area (Å²) in [7, 11) is 0. The minimum Gasteiger partial charge on any atom is -0.480 e. The van der Waals surface area contributed by atoms with Gasteiger partial charge in [0.25, 0.3) is 5.91 Å². The Balaban J connectivity index is 1.60. The van der Waals surface area contributed by atoms with E-state index >= 15 is 0 Å². The van der Waals surface area contributed by atoms with Crippen LogP contribution in [0.2, 0.25) is 0 Å². The third kappa shape index (κ3) is 4.13. The molecule has 3 heterocycles. The van der Waals surface area contributed by atoms with Gasteiger partial charge in [-0.3, -0.25) is 19.3 Å². The number of hydrogen-bond donors (Lipinski definition) is 2. The molecule has 0 aliphatic carbocycles. The van der Waals surface area contributed by atoms with E-state index < -0.39 is 5.97 Å². The standard InChI is InChI=1S/C21H19FN6O3/c1-2-18(13-7-24-27(11-13)12-20(29)30)26-21(31)17-8-23-10-19-16(17)9-25-28(19)15-5-3-14(22)4-6-15/h3-11,18H,2,12H2,1H3,(H,26,31)(H,29,30)/t18-/m1/s1. The molecule has 0 saturated carbocycles. The van der Waals surface area contributed by atoms with E-state index in [0.717, 1.165) is 0 Å². The average molecular weight is 422 g/mol. The second-order valence-electron chi connectivity index (χ2n) is 6.95. The summed E-state index contributed by atoms with van der Waals surface area (Å²) in [4.78, 5) is 28.1. The molecule has 4 rings (SSSR count). The SMILES string of the molecule is CC[C@@H](NC(=O)c1cncc2c1cnn2-c1ccc(F)cc1)c1cnn(CC(=O)O)c1. The second kappa shape index (κ2) is 8.34. The van der Waals surface area contributed by atoms with Crippen LogP contribution in [0.4, 0.5) is 4.39 Å². The van der Waals surface area contributed by atoms with Crippen LogP contribution in [-0.2, 0) is 11.3 Å². The number of pyridine rings is 1. The fraction of sp³-hybridized carbons (Fsp3) is 0.190. The fourth-order valence-electron chi connectivity index (χ4n) is 3.35. The molecule has 158 valence electrons. The third-order valence-corrected chi connectivity index (χ3v) is 4.88. The van der Waals surface area contributed by atoms with Gasteiger partial charge in [0.1, 0.15) is 12.4 Å². The molecule has 2 N–H and O–H groups in total. The van der Waals surface area contributed by atoms with E-state index in [-0.39, 0.29) is 24.3 Å². The van der Waals surface area contributed by atoms with Crippen molar-refractivity contribution in [1.82, 2.24) is 29.9 Å². The van der Waals surface area contributed by atoms with E-state index in [1.54, 1.807) is 41.6 Å². The van der Waals surface area contributed by atoms with Crippen LogP contribution in [0.15, 0.2) is 55.2 Å². The molecule has 1 aromatic carbocycles. The van der Waals surface area contributed by atoms with Crippen LogP contribution in [0, 0.1) is 5.82 Å². The molecule has 0 bridgehead atoms. The minimum absolute atomic E-state index is 0.254. The molecule has 1 amide bonds. The van der Waals surface area contributed by atoms with E-state index in [0.29, 0.717) is 34.1 Å². The molecule has 0 aliphatic rings. The first-order chi connectivity index (χ1) is 15.0. The number of aliphatic carboxylic acids is 1. The van der Waals surface area contributed by atoms with Crippen molar-refractivity contribution >= 4 is 22.8 Å². The Kier molecular flexibility index (Phi) is 5.44. The van der Waals surface area contributed by atoms with Gasteiger partial charge >= 0.3 is 5.97 Å².